The van der Waals surface area contributed by atoms with Crippen molar-refractivity contribution in [2.24, 2.45) is 0 Å². The van der Waals surface area contributed by atoms with E-state index < -0.39 is 5.97 Å². The van der Waals surface area contributed by atoms with E-state index in [4.69, 9.17) is 5.11 Å². The van der Waals surface area contributed by atoms with Gasteiger partial charge in [0, 0.05) is 5.56 Å². The van der Waals surface area contributed by atoms with Crippen molar-refractivity contribution in [3.8, 4) is 11.4 Å². The highest BCUT2D eigenvalue weighted by Gasteiger charge is 2.08. The van der Waals surface area contributed by atoms with Crippen LogP contribution in [-0.2, 0) is 0 Å². The molecule has 0 fully saturated rings. The van der Waals surface area contributed by atoms with Crippen molar-refractivity contribution in [3.05, 3.63) is 53.6 Å². The molecule has 4 nitrogen and oxygen atoms in total. The number of benzene rings is 2. The molecule has 2 N–H and O–H groups in total. The first-order valence-corrected chi connectivity index (χ1v) is 5.93. The Morgan fingerprint density at radius 1 is 1.16 bits per heavy atom. The van der Waals surface area contributed by atoms with E-state index >= 15 is 0 Å². The van der Waals surface area contributed by atoms with Gasteiger partial charge in [-0.2, -0.15) is 0 Å². The number of hydrogen-bond donors (Lipinski definition) is 2. The van der Waals surface area contributed by atoms with Crippen molar-refractivity contribution in [3.63, 3.8) is 0 Å². The van der Waals surface area contributed by atoms with E-state index in [9.17, 15) is 4.79 Å². The highest BCUT2D eigenvalue weighted by molar-refractivity contribution is 5.92. The molecule has 0 spiro atoms. The van der Waals surface area contributed by atoms with Gasteiger partial charge >= 0.3 is 5.97 Å². The Labute approximate surface area is 109 Å². The third kappa shape index (κ3) is 2.08. The summed E-state index contributed by atoms with van der Waals surface area (Å²) in [4.78, 5) is 18.5. The summed E-state index contributed by atoms with van der Waals surface area (Å²) < 4.78 is 0. The number of fused-ring (bicyclic) bond motifs is 1. The van der Waals surface area contributed by atoms with Crippen LogP contribution in [0.2, 0.25) is 0 Å². The molecule has 19 heavy (non-hydrogen) atoms. The molecule has 0 saturated heterocycles. The molecular formula is C15H12N2O2. The molecule has 0 amide bonds. The first-order chi connectivity index (χ1) is 9.13. The molecule has 0 saturated carbocycles. The highest BCUT2D eigenvalue weighted by atomic mass is 16.4. The van der Waals surface area contributed by atoms with Gasteiger partial charge in [0.1, 0.15) is 5.82 Å². The molecule has 0 atom stereocenters. The minimum Gasteiger partial charge on any atom is -0.478 e. The molecule has 0 aliphatic heterocycles. The maximum Gasteiger partial charge on any atom is 0.335 e. The van der Waals surface area contributed by atoms with Crippen molar-refractivity contribution in [2.75, 3.05) is 0 Å². The van der Waals surface area contributed by atoms with E-state index in [1.54, 1.807) is 18.2 Å². The third-order valence-corrected chi connectivity index (χ3v) is 3.05. The molecule has 0 bridgehead atoms. The van der Waals surface area contributed by atoms with Crippen molar-refractivity contribution in [2.45, 2.75) is 6.92 Å². The smallest absolute Gasteiger partial charge is 0.335 e. The molecule has 4 heteroatoms. The van der Waals surface area contributed by atoms with E-state index in [-0.39, 0.29) is 5.56 Å². The molecule has 1 heterocycles. The number of carbonyl (C=O) groups is 1. The number of carboxylic acid groups (broad SMARTS) is 1. The van der Waals surface area contributed by atoms with Crippen molar-refractivity contribution in [1.82, 2.24) is 9.97 Å². The molecule has 0 radical (unpaired) electrons. The fraction of sp³-hybridized carbons (Fsp3) is 0.0667. The normalized spacial score (nSPS) is 10.8. The van der Waals surface area contributed by atoms with Gasteiger partial charge in [0.25, 0.3) is 0 Å². The standard InChI is InChI=1S/C15H12N2O2/c1-9-2-4-10(5-3-9)14-16-12-7-6-11(15(18)19)8-13(12)17-14/h2-8H,1H3,(H,16,17)(H,18,19). The number of rotatable bonds is 2. The fourth-order valence-corrected chi connectivity index (χ4v) is 1.99. The molecule has 94 valence electrons. The summed E-state index contributed by atoms with van der Waals surface area (Å²) in [5.74, 6) is -0.189. The lowest BCUT2D eigenvalue weighted by Gasteiger charge is -1.96. The van der Waals surface area contributed by atoms with Gasteiger partial charge < -0.3 is 10.1 Å². The van der Waals surface area contributed by atoms with Crippen LogP contribution in [0, 0.1) is 6.92 Å². The second-order valence-corrected chi connectivity index (χ2v) is 4.49. The van der Waals surface area contributed by atoms with Gasteiger partial charge in [-0.3, -0.25) is 0 Å². The van der Waals surface area contributed by atoms with Crippen molar-refractivity contribution >= 4 is 17.0 Å². The second-order valence-electron chi connectivity index (χ2n) is 4.49. The first kappa shape index (κ1) is 11.5. The van der Waals surface area contributed by atoms with Gasteiger partial charge in [0.15, 0.2) is 0 Å². The number of aromatic carboxylic acids is 1. The number of aromatic amines is 1. The average molecular weight is 252 g/mol. The average Bonchev–Trinajstić information content (AvgIpc) is 2.82. The Morgan fingerprint density at radius 2 is 1.89 bits per heavy atom. The van der Waals surface area contributed by atoms with Crippen LogP contribution in [0.15, 0.2) is 42.5 Å². The summed E-state index contributed by atoms with van der Waals surface area (Å²) in [6.07, 6.45) is 0. The van der Waals surface area contributed by atoms with Crippen molar-refractivity contribution in [1.29, 1.82) is 0 Å². The molecule has 0 aliphatic rings. The van der Waals surface area contributed by atoms with Gasteiger partial charge in [-0.05, 0) is 25.1 Å². The third-order valence-electron chi connectivity index (χ3n) is 3.05. The van der Waals surface area contributed by atoms with E-state index in [0.717, 1.165) is 22.4 Å². The minimum absolute atomic E-state index is 0.256. The summed E-state index contributed by atoms with van der Waals surface area (Å²) in [7, 11) is 0. The van der Waals surface area contributed by atoms with Gasteiger partial charge in [0.2, 0.25) is 0 Å². The zero-order valence-electron chi connectivity index (χ0n) is 10.3. The maximum atomic E-state index is 10.9. The van der Waals surface area contributed by atoms with Crippen LogP contribution < -0.4 is 0 Å². The van der Waals surface area contributed by atoms with E-state index in [1.807, 2.05) is 31.2 Å². The number of nitrogens with one attached hydrogen (secondary N) is 1. The molecule has 0 unspecified atom stereocenters. The largest absolute Gasteiger partial charge is 0.478 e. The SMILES string of the molecule is Cc1ccc(-c2nc3ccc(C(=O)O)cc3[nH]2)cc1. The topological polar surface area (TPSA) is 66.0 Å². The Hall–Kier alpha value is -2.62. The summed E-state index contributed by atoms with van der Waals surface area (Å²) in [6.45, 7) is 2.03. The number of aryl methyl sites for hydroxylation is 1. The van der Waals surface area contributed by atoms with Crippen LogP contribution in [0.4, 0.5) is 0 Å². The lowest BCUT2D eigenvalue weighted by molar-refractivity contribution is 0.0697. The lowest BCUT2D eigenvalue weighted by atomic mass is 10.1. The number of hydrogen-bond acceptors (Lipinski definition) is 2. The Balaban J connectivity index is 2.11. The molecule has 2 aromatic carbocycles. The first-order valence-electron chi connectivity index (χ1n) is 5.93. The quantitative estimate of drug-likeness (QED) is 0.735. The molecular weight excluding hydrogens is 240 g/mol. The van der Waals surface area contributed by atoms with E-state index in [0.29, 0.717) is 0 Å². The van der Waals surface area contributed by atoms with Crippen LogP contribution >= 0.6 is 0 Å². The zero-order chi connectivity index (χ0) is 13.4. The molecule has 3 rings (SSSR count). The van der Waals surface area contributed by atoms with Crippen LogP contribution in [0.25, 0.3) is 22.4 Å². The highest BCUT2D eigenvalue weighted by Crippen LogP contribution is 2.21. The van der Waals surface area contributed by atoms with Gasteiger partial charge in [-0.25, -0.2) is 9.78 Å². The Bertz CT molecular complexity index is 757. The van der Waals surface area contributed by atoms with Crippen LogP contribution in [0.5, 0.6) is 0 Å². The molecule has 0 aliphatic carbocycles. The summed E-state index contributed by atoms with van der Waals surface area (Å²) in [5, 5.41) is 8.96. The number of aromatic nitrogens is 2. The van der Waals surface area contributed by atoms with Crippen LogP contribution in [-0.4, -0.2) is 21.0 Å². The summed E-state index contributed by atoms with van der Waals surface area (Å²) >= 11 is 0. The molecule has 3 aromatic rings. The summed E-state index contributed by atoms with van der Waals surface area (Å²) in [6, 6.07) is 12.9. The molecule has 1 aromatic heterocycles. The van der Waals surface area contributed by atoms with Gasteiger partial charge in [0.05, 0.1) is 16.6 Å². The monoisotopic (exact) mass is 252 g/mol. The van der Waals surface area contributed by atoms with Gasteiger partial charge in [-0.15, -0.1) is 0 Å². The Morgan fingerprint density at radius 3 is 2.58 bits per heavy atom. The lowest BCUT2D eigenvalue weighted by Crippen LogP contribution is -1.94. The van der Waals surface area contributed by atoms with Crippen LogP contribution in [0.1, 0.15) is 15.9 Å². The van der Waals surface area contributed by atoms with E-state index in [2.05, 4.69) is 9.97 Å². The van der Waals surface area contributed by atoms with E-state index in [1.165, 1.54) is 5.56 Å². The number of nitrogens with zero attached hydrogens (tertiary/aromatic N) is 1. The Kier molecular flexibility index (Phi) is 2.56. The second kappa shape index (κ2) is 4.24. The predicted molar refractivity (Wildman–Crippen MR) is 73.2 cm³/mol. The zero-order valence-corrected chi connectivity index (χ0v) is 10.3. The van der Waals surface area contributed by atoms with Crippen LogP contribution in [0.3, 0.4) is 0 Å². The fourth-order valence-electron chi connectivity index (χ4n) is 1.99. The number of H-pyrrole nitrogens is 1. The number of imidazole rings is 1. The van der Waals surface area contributed by atoms with Crippen molar-refractivity contribution < 1.29 is 9.90 Å². The number of carboxylic acids is 1. The predicted octanol–water partition coefficient (Wildman–Crippen LogP) is 3.24. The minimum atomic E-state index is -0.937. The maximum absolute atomic E-state index is 10.9. The summed E-state index contributed by atoms with van der Waals surface area (Å²) in [5.41, 5.74) is 3.93. The van der Waals surface area contributed by atoms with Gasteiger partial charge in [-0.1, -0.05) is 29.8 Å².